The number of halogens is 1. The molecule has 0 spiro atoms. The molecule has 10 nitrogen and oxygen atoms in total. The van der Waals surface area contributed by atoms with Gasteiger partial charge >= 0.3 is 0 Å². The van der Waals surface area contributed by atoms with Gasteiger partial charge in [0.2, 0.25) is 0 Å². The van der Waals surface area contributed by atoms with Crippen LogP contribution in [0.1, 0.15) is 30.0 Å². The number of rotatable bonds is 8. The third-order valence-electron chi connectivity index (χ3n) is 5.72. The van der Waals surface area contributed by atoms with E-state index in [4.69, 9.17) is 14.0 Å². The quantitative estimate of drug-likeness (QED) is 0.313. The molecule has 0 amide bonds. The van der Waals surface area contributed by atoms with Crippen LogP contribution in [0.5, 0.6) is 0 Å². The van der Waals surface area contributed by atoms with Crippen molar-refractivity contribution in [2.24, 2.45) is 0 Å². The summed E-state index contributed by atoms with van der Waals surface area (Å²) in [6.45, 7) is 4.82. The van der Waals surface area contributed by atoms with Gasteiger partial charge in [-0.05, 0) is 37.6 Å². The number of hydrogen-bond acceptors (Lipinski definition) is 8. The van der Waals surface area contributed by atoms with Crippen LogP contribution < -0.4 is 5.56 Å². The Labute approximate surface area is 198 Å². The van der Waals surface area contributed by atoms with Gasteiger partial charge in [0.1, 0.15) is 0 Å². The number of nitrogens with zero attached hydrogens (tertiary/aromatic N) is 6. The molecule has 0 N–H and O–H groups in total. The zero-order chi connectivity index (χ0) is 24.5. The van der Waals surface area contributed by atoms with Crippen molar-refractivity contribution in [1.29, 1.82) is 0 Å². The summed E-state index contributed by atoms with van der Waals surface area (Å²) in [6, 6.07) is 6.02. The maximum absolute atomic E-state index is 14.8. The Hall–Kier alpha value is -3.96. The van der Waals surface area contributed by atoms with Crippen LogP contribution in [0.25, 0.3) is 27.9 Å². The largest absolute Gasteiger partial charge is 0.382 e. The fourth-order valence-corrected chi connectivity index (χ4v) is 3.91. The number of fused-ring (bicyclic) bond motifs is 2. The van der Waals surface area contributed by atoms with Crippen molar-refractivity contribution in [3.05, 3.63) is 76.1 Å². The van der Waals surface area contributed by atoms with E-state index in [1.807, 2.05) is 0 Å². The van der Waals surface area contributed by atoms with Gasteiger partial charge in [0.15, 0.2) is 23.0 Å². The van der Waals surface area contributed by atoms with E-state index < -0.39 is 11.9 Å². The molecule has 0 bridgehead atoms. The minimum Gasteiger partial charge on any atom is -0.382 e. The molecule has 0 saturated heterocycles. The summed E-state index contributed by atoms with van der Waals surface area (Å²) in [5, 5.41) is 12.5. The summed E-state index contributed by atoms with van der Waals surface area (Å²) in [6.07, 6.45) is 5.01. The second-order valence-electron chi connectivity index (χ2n) is 8.19. The first-order chi connectivity index (χ1) is 17.0. The van der Waals surface area contributed by atoms with Crippen molar-refractivity contribution < 1.29 is 18.4 Å². The van der Waals surface area contributed by atoms with Crippen LogP contribution in [0.4, 0.5) is 4.39 Å². The van der Waals surface area contributed by atoms with Gasteiger partial charge in [-0.25, -0.2) is 4.39 Å². The van der Waals surface area contributed by atoms with Crippen LogP contribution >= 0.6 is 0 Å². The van der Waals surface area contributed by atoms with Gasteiger partial charge in [-0.2, -0.15) is 0 Å². The molecule has 0 aromatic carbocycles. The van der Waals surface area contributed by atoms with Gasteiger partial charge in [0.05, 0.1) is 42.5 Å². The highest BCUT2D eigenvalue weighted by atomic mass is 19.1. The third-order valence-corrected chi connectivity index (χ3v) is 5.72. The highest BCUT2D eigenvalue weighted by Gasteiger charge is 2.21. The van der Waals surface area contributed by atoms with Crippen LogP contribution in [-0.2, 0) is 16.1 Å². The summed E-state index contributed by atoms with van der Waals surface area (Å²) >= 11 is 0. The number of methoxy groups -OCH3 is 1. The van der Waals surface area contributed by atoms with E-state index in [1.54, 1.807) is 57.7 Å². The molecule has 5 aromatic rings. The molecule has 0 aliphatic carbocycles. The lowest BCUT2D eigenvalue weighted by Gasteiger charge is -2.15. The maximum Gasteiger partial charge on any atom is 0.260 e. The Morgan fingerprint density at radius 3 is 2.83 bits per heavy atom. The molecule has 35 heavy (non-hydrogen) atoms. The Balaban J connectivity index is 1.53. The van der Waals surface area contributed by atoms with Crippen LogP contribution in [0.2, 0.25) is 0 Å². The van der Waals surface area contributed by atoms with E-state index in [2.05, 4.69) is 20.3 Å². The normalized spacial score (nSPS) is 12.6. The lowest BCUT2D eigenvalue weighted by molar-refractivity contribution is 0.0616. The zero-order valence-corrected chi connectivity index (χ0v) is 19.4. The first-order valence-electron chi connectivity index (χ1n) is 11.0. The lowest BCUT2D eigenvalue weighted by atomic mass is 10.2. The van der Waals surface area contributed by atoms with Gasteiger partial charge in [0.25, 0.3) is 5.56 Å². The van der Waals surface area contributed by atoms with Gasteiger partial charge < -0.3 is 18.6 Å². The molecule has 0 radical (unpaired) electrons. The van der Waals surface area contributed by atoms with Crippen LogP contribution in [0.3, 0.4) is 0 Å². The summed E-state index contributed by atoms with van der Waals surface area (Å²) in [5.74, 6) is 0.255. The Morgan fingerprint density at radius 1 is 1.20 bits per heavy atom. The summed E-state index contributed by atoms with van der Waals surface area (Å²) in [4.78, 5) is 17.8. The van der Waals surface area contributed by atoms with Crippen LogP contribution in [0.15, 0.2) is 52.2 Å². The molecule has 1 atom stereocenters. The van der Waals surface area contributed by atoms with E-state index in [9.17, 15) is 9.18 Å². The average molecular weight is 478 g/mol. The summed E-state index contributed by atoms with van der Waals surface area (Å²) < 4.78 is 33.7. The minimum atomic E-state index is -0.560. The first-order valence-corrected chi connectivity index (χ1v) is 11.0. The summed E-state index contributed by atoms with van der Waals surface area (Å²) in [7, 11) is 1.60. The molecular weight excluding hydrogens is 455 g/mol. The monoisotopic (exact) mass is 478 g/mol. The molecule has 11 heteroatoms. The van der Waals surface area contributed by atoms with Crippen molar-refractivity contribution in [3.8, 4) is 11.3 Å². The molecule has 0 aliphatic rings. The van der Waals surface area contributed by atoms with Crippen molar-refractivity contribution in [1.82, 2.24) is 29.3 Å². The second kappa shape index (κ2) is 9.35. The number of hydrogen-bond donors (Lipinski definition) is 0. The van der Waals surface area contributed by atoms with Gasteiger partial charge in [-0.1, -0.05) is 5.16 Å². The van der Waals surface area contributed by atoms with E-state index in [0.29, 0.717) is 53.6 Å². The zero-order valence-electron chi connectivity index (χ0n) is 19.4. The fourth-order valence-electron chi connectivity index (χ4n) is 3.91. The Bertz CT molecular complexity index is 1570. The third kappa shape index (κ3) is 4.31. The predicted octanol–water partition coefficient (Wildman–Crippen LogP) is 3.31. The van der Waals surface area contributed by atoms with Gasteiger partial charge in [-0.15, -0.1) is 10.2 Å². The topological polar surface area (TPSA) is 110 Å². The molecule has 0 saturated carbocycles. The van der Waals surface area contributed by atoms with E-state index in [0.717, 1.165) is 5.56 Å². The Morgan fingerprint density at radius 2 is 2.06 bits per heavy atom. The molecule has 0 aliphatic heterocycles. The van der Waals surface area contributed by atoms with E-state index in [1.165, 1.54) is 15.0 Å². The first kappa shape index (κ1) is 22.8. The second-order valence-corrected chi connectivity index (χ2v) is 8.19. The smallest absolute Gasteiger partial charge is 0.260 e. The lowest BCUT2D eigenvalue weighted by Crippen LogP contribution is -2.25. The van der Waals surface area contributed by atoms with Crippen molar-refractivity contribution in [2.75, 3.05) is 20.3 Å². The SMILES string of the molecule is COCCOCc1cnc2ccn([C@H](C)c3nnc4c(F)cc(-c5cc(C)no5)cn34)c(=O)c2c1. The molecule has 5 aromatic heterocycles. The molecule has 5 heterocycles. The fraction of sp³-hybridized carbons (Fsp3) is 0.292. The molecular formula is C24H23FN6O4. The van der Waals surface area contributed by atoms with Gasteiger partial charge in [-0.3, -0.25) is 14.2 Å². The predicted molar refractivity (Wildman–Crippen MR) is 125 cm³/mol. The molecule has 0 unspecified atom stereocenters. The minimum absolute atomic E-state index is 0.0536. The van der Waals surface area contributed by atoms with E-state index >= 15 is 0 Å². The molecule has 5 rings (SSSR count). The number of aromatic nitrogens is 6. The van der Waals surface area contributed by atoms with Crippen LogP contribution in [0, 0.1) is 12.7 Å². The summed E-state index contributed by atoms with van der Waals surface area (Å²) in [5.41, 5.74) is 2.31. The molecule has 180 valence electrons. The van der Waals surface area contributed by atoms with E-state index in [-0.39, 0.29) is 11.2 Å². The number of pyridine rings is 3. The van der Waals surface area contributed by atoms with Crippen molar-refractivity contribution in [2.45, 2.75) is 26.5 Å². The Kier molecular flexibility index (Phi) is 6.10. The molecule has 0 fully saturated rings. The van der Waals surface area contributed by atoms with Crippen LogP contribution in [-0.4, -0.2) is 49.6 Å². The number of ether oxygens (including phenoxy) is 2. The van der Waals surface area contributed by atoms with Crippen molar-refractivity contribution in [3.63, 3.8) is 0 Å². The number of aryl methyl sites for hydroxylation is 1. The average Bonchev–Trinajstić information content (AvgIpc) is 3.48. The van der Waals surface area contributed by atoms with Crippen molar-refractivity contribution >= 4 is 16.6 Å². The van der Waals surface area contributed by atoms with Gasteiger partial charge in [0, 0.05) is 37.3 Å². The maximum atomic E-state index is 14.8. The highest BCUT2D eigenvalue weighted by molar-refractivity contribution is 5.77. The highest BCUT2D eigenvalue weighted by Crippen LogP contribution is 2.25. The standard InChI is InChI=1S/C24H23FN6O4/c1-14-8-21(35-29-14)17-10-19(25)23-28-27-22(31(23)12-17)15(2)30-5-4-20-18(24(30)32)9-16(11-26-20)13-34-7-6-33-3/h4-5,8-12,15H,6-7,13H2,1-3H3/t15-/m1/s1.